The lowest BCUT2D eigenvalue weighted by Gasteiger charge is -2.04. The minimum absolute atomic E-state index is 0.0332. The highest BCUT2D eigenvalue weighted by molar-refractivity contribution is 6.31. The molecule has 0 saturated carbocycles. The van der Waals surface area contributed by atoms with Crippen molar-refractivity contribution in [3.05, 3.63) is 77.2 Å². The maximum Gasteiger partial charge on any atom is 0.335 e. The number of aromatic nitrogens is 3. The molecule has 0 spiro atoms. The third-order valence-electron chi connectivity index (χ3n) is 3.98. The van der Waals surface area contributed by atoms with Gasteiger partial charge in [-0.1, -0.05) is 17.7 Å². The smallest absolute Gasteiger partial charge is 0.335 e. The molecule has 134 valence electrons. The molecule has 0 aliphatic carbocycles. The summed E-state index contributed by atoms with van der Waals surface area (Å²) in [6.07, 6.45) is 1.75. The zero-order valence-corrected chi connectivity index (χ0v) is 14.5. The minimum Gasteiger partial charge on any atom is -0.478 e. The fourth-order valence-electron chi connectivity index (χ4n) is 2.67. The van der Waals surface area contributed by atoms with Crippen LogP contribution in [-0.2, 0) is 0 Å². The van der Waals surface area contributed by atoms with Crippen molar-refractivity contribution in [3.8, 4) is 11.1 Å². The molecule has 2 heterocycles. The highest BCUT2D eigenvalue weighted by atomic mass is 35.5. The van der Waals surface area contributed by atoms with E-state index in [1.165, 1.54) is 18.2 Å². The molecule has 4 aromatic rings. The number of hydrogen-bond donors (Lipinski definition) is 2. The molecule has 0 radical (unpaired) electrons. The van der Waals surface area contributed by atoms with Crippen LogP contribution in [-0.4, -0.2) is 25.7 Å². The summed E-state index contributed by atoms with van der Waals surface area (Å²) >= 11 is 5.89. The Bertz CT molecular complexity index is 1160. The van der Waals surface area contributed by atoms with Crippen molar-refractivity contribution in [1.29, 1.82) is 0 Å². The fraction of sp³-hybridized carbons (Fsp3) is 0. The van der Waals surface area contributed by atoms with Gasteiger partial charge in [-0.3, -0.25) is 0 Å². The molecule has 8 heteroatoms. The van der Waals surface area contributed by atoms with Gasteiger partial charge in [0.05, 0.1) is 10.6 Å². The van der Waals surface area contributed by atoms with Crippen LogP contribution >= 0.6 is 11.6 Å². The van der Waals surface area contributed by atoms with E-state index in [1.807, 2.05) is 6.07 Å². The molecule has 0 amide bonds. The van der Waals surface area contributed by atoms with Crippen LogP contribution in [0, 0.1) is 5.82 Å². The van der Waals surface area contributed by atoms with Crippen LogP contribution in [0.4, 0.5) is 16.0 Å². The molecule has 0 unspecified atom stereocenters. The maximum atomic E-state index is 13.4. The number of carbonyl (C=O) groups is 1. The van der Waals surface area contributed by atoms with Gasteiger partial charge < -0.3 is 10.4 Å². The molecule has 0 bridgehead atoms. The third kappa shape index (κ3) is 3.32. The monoisotopic (exact) mass is 382 g/mol. The van der Waals surface area contributed by atoms with Crippen molar-refractivity contribution in [1.82, 2.24) is 14.6 Å². The average Bonchev–Trinajstić information content (AvgIpc) is 3.07. The Morgan fingerprint density at radius 3 is 2.63 bits per heavy atom. The summed E-state index contributed by atoms with van der Waals surface area (Å²) in [6.45, 7) is 0. The zero-order chi connectivity index (χ0) is 19.0. The number of nitrogens with zero attached hydrogens (tertiary/aromatic N) is 3. The number of fused-ring (bicyclic) bond motifs is 1. The first-order chi connectivity index (χ1) is 13.0. The number of pyridine rings is 1. The fourth-order valence-corrected chi connectivity index (χ4v) is 2.85. The second-order valence-corrected chi connectivity index (χ2v) is 6.17. The molecule has 0 atom stereocenters. The van der Waals surface area contributed by atoms with Gasteiger partial charge in [-0.25, -0.2) is 13.7 Å². The van der Waals surface area contributed by atoms with Crippen LogP contribution in [0.15, 0.2) is 60.8 Å². The number of rotatable bonds is 4. The van der Waals surface area contributed by atoms with Crippen molar-refractivity contribution in [2.45, 2.75) is 0 Å². The van der Waals surface area contributed by atoms with Gasteiger partial charge in [-0.2, -0.15) is 4.98 Å². The van der Waals surface area contributed by atoms with Gasteiger partial charge in [0.15, 0.2) is 5.65 Å². The SMILES string of the molecule is O=C(O)c1ccc(Nc2nc3c(-c4ccc(F)c(Cl)c4)cccn3n2)cc1. The lowest BCUT2D eigenvalue weighted by molar-refractivity contribution is 0.0697. The number of halogens is 2. The van der Waals surface area contributed by atoms with Crippen LogP contribution < -0.4 is 5.32 Å². The summed E-state index contributed by atoms with van der Waals surface area (Å²) in [7, 11) is 0. The highest BCUT2D eigenvalue weighted by Gasteiger charge is 2.12. The maximum absolute atomic E-state index is 13.4. The van der Waals surface area contributed by atoms with E-state index in [0.717, 1.165) is 11.1 Å². The number of carboxylic acids is 1. The van der Waals surface area contributed by atoms with E-state index in [9.17, 15) is 9.18 Å². The molecule has 27 heavy (non-hydrogen) atoms. The second-order valence-electron chi connectivity index (χ2n) is 5.76. The van der Waals surface area contributed by atoms with Crippen molar-refractivity contribution in [2.24, 2.45) is 0 Å². The predicted molar refractivity (Wildman–Crippen MR) is 100 cm³/mol. The molecule has 4 rings (SSSR count). The lowest BCUT2D eigenvalue weighted by atomic mass is 10.1. The van der Waals surface area contributed by atoms with Crippen LogP contribution in [0.25, 0.3) is 16.8 Å². The Morgan fingerprint density at radius 2 is 1.93 bits per heavy atom. The van der Waals surface area contributed by atoms with E-state index in [2.05, 4.69) is 15.4 Å². The Kier molecular flexibility index (Phi) is 4.21. The molecular weight excluding hydrogens is 371 g/mol. The van der Waals surface area contributed by atoms with E-state index in [4.69, 9.17) is 16.7 Å². The molecule has 0 saturated heterocycles. The van der Waals surface area contributed by atoms with E-state index >= 15 is 0 Å². The van der Waals surface area contributed by atoms with Gasteiger partial charge in [-0.15, -0.1) is 5.10 Å². The highest BCUT2D eigenvalue weighted by Crippen LogP contribution is 2.28. The van der Waals surface area contributed by atoms with E-state index in [0.29, 0.717) is 17.3 Å². The van der Waals surface area contributed by atoms with Crippen LogP contribution in [0.1, 0.15) is 10.4 Å². The van der Waals surface area contributed by atoms with Crippen molar-refractivity contribution in [2.75, 3.05) is 5.32 Å². The molecule has 2 aromatic carbocycles. The number of carboxylic acid groups (broad SMARTS) is 1. The van der Waals surface area contributed by atoms with Crippen molar-refractivity contribution >= 4 is 34.9 Å². The summed E-state index contributed by atoms with van der Waals surface area (Å²) in [5.74, 6) is -1.13. The number of anilines is 2. The molecule has 2 aromatic heterocycles. The van der Waals surface area contributed by atoms with Gasteiger partial charge in [0.1, 0.15) is 5.82 Å². The Balaban J connectivity index is 1.70. The Morgan fingerprint density at radius 1 is 1.15 bits per heavy atom. The van der Waals surface area contributed by atoms with Gasteiger partial charge in [0.25, 0.3) is 0 Å². The molecule has 2 N–H and O–H groups in total. The third-order valence-corrected chi connectivity index (χ3v) is 4.27. The zero-order valence-electron chi connectivity index (χ0n) is 13.7. The van der Waals surface area contributed by atoms with Crippen LogP contribution in [0.5, 0.6) is 0 Å². The standard InChI is InChI=1S/C19H12ClFN4O2/c20-15-10-12(5-8-16(15)21)14-2-1-9-25-17(14)23-19(24-25)22-13-6-3-11(4-7-13)18(26)27/h1-10H,(H,22,24)(H,26,27). The number of benzene rings is 2. The van der Waals surface area contributed by atoms with E-state index < -0.39 is 11.8 Å². The topological polar surface area (TPSA) is 79.5 Å². The van der Waals surface area contributed by atoms with E-state index in [-0.39, 0.29) is 10.6 Å². The molecule has 0 fully saturated rings. The van der Waals surface area contributed by atoms with Gasteiger partial charge in [0, 0.05) is 17.4 Å². The predicted octanol–water partition coefficient (Wildman–Crippen LogP) is 4.63. The van der Waals surface area contributed by atoms with Crippen LogP contribution in [0.2, 0.25) is 5.02 Å². The summed E-state index contributed by atoms with van der Waals surface area (Å²) in [4.78, 5) is 15.4. The van der Waals surface area contributed by atoms with Gasteiger partial charge >= 0.3 is 5.97 Å². The molecule has 0 aliphatic rings. The second kappa shape index (κ2) is 6.69. The summed E-state index contributed by atoms with van der Waals surface area (Å²) in [5.41, 5.74) is 2.89. The Labute approximate surface area is 157 Å². The van der Waals surface area contributed by atoms with Crippen LogP contribution in [0.3, 0.4) is 0 Å². The number of nitrogens with one attached hydrogen (secondary N) is 1. The largest absolute Gasteiger partial charge is 0.478 e. The van der Waals surface area contributed by atoms with Crippen molar-refractivity contribution < 1.29 is 14.3 Å². The minimum atomic E-state index is -0.991. The summed E-state index contributed by atoms with van der Waals surface area (Å²) in [5, 5.41) is 16.4. The van der Waals surface area contributed by atoms with Gasteiger partial charge in [0.2, 0.25) is 5.95 Å². The van der Waals surface area contributed by atoms with E-state index in [1.54, 1.807) is 41.0 Å². The molecular formula is C19H12ClFN4O2. The quantitative estimate of drug-likeness (QED) is 0.538. The Hall–Kier alpha value is -3.45. The van der Waals surface area contributed by atoms with Crippen molar-refractivity contribution in [3.63, 3.8) is 0 Å². The molecule has 6 nitrogen and oxygen atoms in total. The normalized spacial score (nSPS) is 10.9. The van der Waals surface area contributed by atoms with Gasteiger partial charge in [-0.05, 0) is 54.1 Å². The number of aromatic carboxylic acids is 1. The first-order valence-corrected chi connectivity index (χ1v) is 8.30. The lowest BCUT2D eigenvalue weighted by Crippen LogP contribution is -1.97. The average molecular weight is 383 g/mol. The summed E-state index contributed by atoms with van der Waals surface area (Å²) < 4.78 is 15.0. The summed E-state index contributed by atoms with van der Waals surface area (Å²) in [6, 6.07) is 14.4. The first-order valence-electron chi connectivity index (χ1n) is 7.92. The number of hydrogen-bond acceptors (Lipinski definition) is 4. The first kappa shape index (κ1) is 17.0. The molecule has 0 aliphatic heterocycles.